The van der Waals surface area contributed by atoms with Crippen molar-refractivity contribution in [2.75, 3.05) is 24.3 Å². The molecule has 2 aromatic carbocycles. The van der Waals surface area contributed by atoms with Crippen LogP contribution >= 0.6 is 0 Å². The maximum absolute atomic E-state index is 5.21. The zero-order chi connectivity index (χ0) is 18.2. The number of hydrogen-bond acceptors (Lipinski definition) is 5. The summed E-state index contributed by atoms with van der Waals surface area (Å²) in [6, 6.07) is 19.9. The summed E-state index contributed by atoms with van der Waals surface area (Å²) in [5.41, 5.74) is 2.89. The molecule has 0 spiro atoms. The Morgan fingerprint density at radius 2 is 1.73 bits per heavy atom. The molecule has 2 N–H and O–H groups in total. The lowest BCUT2D eigenvalue weighted by Gasteiger charge is -2.12. The minimum Gasteiger partial charge on any atom is -0.497 e. The summed E-state index contributed by atoms with van der Waals surface area (Å²) in [4.78, 5) is 9.27. The van der Waals surface area contributed by atoms with Crippen molar-refractivity contribution in [3.8, 4) is 17.0 Å². The summed E-state index contributed by atoms with van der Waals surface area (Å²) >= 11 is 0. The first-order valence-corrected chi connectivity index (χ1v) is 8.88. The van der Waals surface area contributed by atoms with Crippen LogP contribution in [0.4, 0.5) is 17.5 Å². The third-order valence-electron chi connectivity index (χ3n) is 3.97. The molecule has 0 aliphatic rings. The molecule has 0 amide bonds. The maximum Gasteiger partial charge on any atom is 0.225 e. The number of nitrogens with zero attached hydrogens (tertiary/aromatic N) is 2. The van der Waals surface area contributed by atoms with Gasteiger partial charge >= 0.3 is 0 Å². The second-order valence-corrected chi connectivity index (χ2v) is 5.96. The van der Waals surface area contributed by atoms with Gasteiger partial charge in [-0.15, -0.1) is 0 Å². The van der Waals surface area contributed by atoms with Gasteiger partial charge in [-0.3, -0.25) is 0 Å². The fourth-order valence-corrected chi connectivity index (χ4v) is 2.55. The largest absolute Gasteiger partial charge is 0.497 e. The van der Waals surface area contributed by atoms with Gasteiger partial charge in [0.2, 0.25) is 5.95 Å². The monoisotopic (exact) mass is 348 g/mol. The van der Waals surface area contributed by atoms with E-state index in [0.29, 0.717) is 5.95 Å². The normalized spacial score (nSPS) is 10.4. The predicted octanol–water partition coefficient (Wildman–Crippen LogP) is 5.11. The fraction of sp³-hybridized carbons (Fsp3) is 0.238. The zero-order valence-electron chi connectivity index (χ0n) is 15.2. The molecule has 0 fully saturated rings. The zero-order valence-corrected chi connectivity index (χ0v) is 15.2. The van der Waals surface area contributed by atoms with E-state index in [1.54, 1.807) is 7.11 Å². The molecule has 0 aliphatic heterocycles. The second-order valence-electron chi connectivity index (χ2n) is 5.96. The number of rotatable bonds is 8. The molecule has 0 atom stereocenters. The minimum atomic E-state index is 0.635. The van der Waals surface area contributed by atoms with E-state index in [-0.39, 0.29) is 0 Å². The van der Waals surface area contributed by atoms with Crippen molar-refractivity contribution in [3.05, 3.63) is 60.7 Å². The number of ether oxygens (including phenoxy) is 1. The molecular weight excluding hydrogens is 324 g/mol. The molecular formula is C21H24N4O. The number of unbranched alkanes of at least 4 members (excludes halogenated alkanes) is 1. The van der Waals surface area contributed by atoms with Crippen LogP contribution in [0.2, 0.25) is 0 Å². The van der Waals surface area contributed by atoms with E-state index in [4.69, 9.17) is 4.74 Å². The number of methoxy groups -OCH3 is 1. The van der Waals surface area contributed by atoms with Gasteiger partial charge in [0.1, 0.15) is 11.6 Å². The molecule has 0 saturated carbocycles. The van der Waals surface area contributed by atoms with Crippen molar-refractivity contribution in [2.24, 2.45) is 0 Å². The van der Waals surface area contributed by atoms with Gasteiger partial charge < -0.3 is 15.4 Å². The van der Waals surface area contributed by atoms with E-state index in [0.717, 1.165) is 47.9 Å². The predicted molar refractivity (Wildman–Crippen MR) is 107 cm³/mol. The van der Waals surface area contributed by atoms with Gasteiger partial charge in [-0.25, -0.2) is 4.98 Å². The number of aromatic nitrogens is 2. The minimum absolute atomic E-state index is 0.635. The number of benzene rings is 2. The van der Waals surface area contributed by atoms with Crippen molar-refractivity contribution in [1.82, 2.24) is 9.97 Å². The lowest BCUT2D eigenvalue weighted by Crippen LogP contribution is -2.07. The van der Waals surface area contributed by atoms with Crippen molar-refractivity contribution in [3.63, 3.8) is 0 Å². The first kappa shape index (κ1) is 17.7. The molecule has 26 heavy (non-hydrogen) atoms. The maximum atomic E-state index is 5.21. The van der Waals surface area contributed by atoms with Gasteiger partial charge in [0.15, 0.2) is 0 Å². The summed E-state index contributed by atoms with van der Waals surface area (Å²) in [6.45, 7) is 3.02. The molecule has 1 heterocycles. The molecule has 0 unspecified atom stereocenters. The van der Waals surface area contributed by atoms with Gasteiger partial charge in [0.25, 0.3) is 0 Å². The number of hydrogen-bond donors (Lipinski definition) is 2. The molecule has 5 nitrogen and oxygen atoms in total. The molecule has 134 valence electrons. The molecule has 0 saturated heterocycles. The molecule has 3 rings (SSSR count). The van der Waals surface area contributed by atoms with Crippen molar-refractivity contribution in [1.29, 1.82) is 0 Å². The van der Waals surface area contributed by atoms with E-state index < -0.39 is 0 Å². The Bertz CT molecular complexity index is 819. The van der Waals surface area contributed by atoms with Crippen LogP contribution in [-0.4, -0.2) is 23.6 Å². The van der Waals surface area contributed by atoms with Crippen molar-refractivity contribution < 1.29 is 4.74 Å². The Morgan fingerprint density at radius 1 is 0.962 bits per heavy atom. The molecule has 0 aliphatic carbocycles. The van der Waals surface area contributed by atoms with Crippen LogP contribution in [0.25, 0.3) is 11.3 Å². The van der Waals surface area contributed by atoms with Gasteiger partial charge in [-0.2, -0.15) is 4.98 Å². The van der Waals surface area contributed by atoms with E-state index in [9.17, 15) is 0 Å². The van der Waals surface area contributed by atoms with Crippen molar-refractivity contribution in [2.45, 2.75) is 19.8 Å². The Balaban J connectivity index is 1.87. The first-order valence-electron chi connectivity index (χ1n) is 8.88. The second kappa shape index (κ2) is 8.85. The number of nitrogens with one attached hydrogen (secondary N) is 2. The SMILES string of the molecule is CCCCNc1nc(Nc2ccc(OC)cc2)cc(-c2ccccc2)n1. The third-order valence-corrected chi connectivity index (χ3v) is 3.97. The van der Waals surface area contributed by atoms with E-state index >= 15 is 0 Å². The summed E-state index contributed by atoms with van der Waals surface area (Å²) < 4.78 is 5.21. The average Bonchev–Trinajstić information content (AvgIpc) is 2.69. The summed E-state index contributed by atoms with van der Waals surface area (Å²) in [7, 11) is 1.66. The van der Waals surface area contributed by atoms with Gasteiger partial charge in [-0.1, -0.05) is 43.7 Å². The average molecular weight is 348 g/mol. The Labute approximate surface area is 154 Å². The summed E-state index contributed by atoms with van der Waals surface area (Å²) in [5, 5.41) is 6.67. The van der Waals surface area contributed by atoms with Crippen LogP contribution < -0.4 is 15.4 Å². The summed E-state index contributed by atoms with van der Waals surface area (Å²) in [6.07, 6.45) is 2.21. The van der Waals surface area contributed by atoms with Crippen LogP contribution in [0.3, 0.4) is 0 Å². The topological polar surface area (TPSA) is 59.1 Å². The highest BCUT2D eigenvalue weighted by molar-refractivity contribution is 5.67. The molecule has 0 radical (unpaired) electrons. The summed E-state index contributed by atoms with van der Waals surface area (Å²) in [5.74, 6) is 2.21. The number of anilines is 3. The van der Waals surface area contributed by atoms with Crippen molar-refractivity contribution >= 4 is 17.5 Å². The van der Waals surface area contributed by atoms with Gasteiger partial charge in [0.05, 0.1) is 12.8 Å². The van der Waals surface area contributed by atoms with Gasteiger partial charge in [-0.05, 0) is 30.7 Å². The molecule has 3 aromatic rings. The molecule has 0 bridgehead atoms. The fourth-order valence-electron chi connectivity index (χ4n) is 2.55. The van der Waals surface area contributed by atoms with E-state index in [1.807, 2.05) is 48.5 Å². The highest BCUT2D eigenvalue weighted by atomic mass is 16.5. The molecule has 1 aromatic heterocycles. The standard InChI is InChI=1S/C21H24N4O/c1-3-4-14-22-21-24-19(16-8-6-5-7-9-16)15-20(25-21)23-17-10-12-18(26-2)13-11-17/h5-13,15H,3-4,14H2,1-2H3,(H2,22,23,24,25). The highest BCUT2D eigenvalue weighted by Gasteiger charge is 2.07. The van der Waals surface area contributed by atoms with Crippen LogP contribution in [0.1, 0.15) is 19.8 Å². The smallest absolute Gasteiger partial charge is 0.225 e. The van der Waals surface area contributed by atoms with E-state index in [1.165, 1.54) is 0 Å². The molecule has 5 heteroatoms. The van der Waals surface area contributed by atoms with Crippen LogP contribution in [0.5, 0.6) is 5.75 Å². The van der Waals surface area contributed by atoms with Gasteiger partial charge in [0, 0.05) is 23.9 Å². The highest BCUT2D eigenvalue weighted by Crippen LogP contribution is 2.24. The lowest BCUT2D eigenvalue weighted by atomic mass is 10.1. The van der Waals surface area contributed by atoms with Crippen LogP contribution in [0.15, 0.2) is 60.7 Å². The first-order chi connectivity index (χ1) is 12.8. The van der Waals surface area contributed by atoms with Crippen LogP contribution in [0, 0.1) is 0 Å². The Kier molecular flexibility index (Phi) is 6.04. The Hall–Kier alpha value is -3.08. The Morgan fingerprint density at radius 3 is 2.42 bits per heavy atom. The van der Waals surface area contributed by atoms with E-state index in [2.05, 4.69) is 39.7 Å². The lowest BCUT2D eigenvalue weighted by molar-refractivity contribution is 0.415. The quantitative estimate of drug-likeness (QED) is 0.554. The third kappa shape index (κ3) is 4.72. The van der Waals surface area contributed by atoms with Crippen LogP contribution in [-0.2, 0) is 0 Å².